The highest BCUT2D eigenvalue weighted by atomic mass is 79.9. The zero-order valence-electron chi connectivity index (χ0n) is 16.5. The Morgan fingerprint density at radius 3 is 2.48 bits per heavy atom. The van der Waals surface area contributed by atoms with Gasteiger partial charge in [-0.05, 0) is 72.5 Å². The first-order valence-electron chi connectivity index (χ1n) is 9.49. The van der Waals surface area contributed by atoms with Crippen LogP contribution in [0.5, 0.6) is 11.5 Å². The highest BCUT2D eigenvalue weighted by Gasteiger charge is 2.26. The first kappa shape index (κ1) is 19.4. The third-order valence-electron chi connectivity index (χ3n) is 4.80. The van der Waals surface area contributed by atoms with E-state index in [1.54, 1.807) is 0 Å². The molecule has 0 atom stereocenters. The van der Waals surface area contributed by atoms with Gasteiger partial charge in [0.2, 0.25) is 0 Å². The van der Waals surface area contributed by atoms with Gasteiger partial charge in [0.05, 0.1) is 11.4 Å². The minimum absolute atomic E-state index is 0.195. The number of anilines is 1. The number of aliphatic imine (C=N–C) groups is 1. The smallest absolute Gasteiger partial charge is 0.275 e. The molecule has 1 amide bonds. The van der Waals surface area contributed by atoms with E-state index in [0.29, 0.717) is 17.3 Å². The van der Waals surface area contributed by atoms with Crippen LogP contribution in [-0.4, -0.2) is 11.6 Å². The summed E-state index contributed by atoms with van der Waals surface area (Å²) in [5, 5.41) is 2.85. The van der Waals surface area contributed by atoms with Crippen LogP contribution in [-0.2, 0) is 4.79 Å². The first-order valence-corrected chi connectivity index (χ1v) is 10.3. The summed E-state index contributed by atoms with van der Waals surface area (Å²) in [5.74, 6) is 1.78. The average Bonchev–Trinajstić information content (AvgIpc) is 2.98. The molecular formula is C24H21BrN2O2. The summed E-state index contributed by atoms with van der Waals surface area (Å²) in [5.41, 5.74) is 5.01. The maximum atomic E-state index is 12.3. The van der Waals surface area contributed by atoms with Gasteiger partial charge in [0, 0.05) is 10.0 Å². The fourth-order valence-corrected chi connectivity index (χ4v) is 3.65. The van der Waals surface area contributed by atoms with Crippen LogP contribution in [0.25, 0.3) is 0 Å². The molecule has 3 aromatic rings. The van der Waals surface area contributed by atoms with Crippen molar-refractivity contribution in [2.45, 2.75) is 26.7 Å². The molecule has 0 aromatic heterocycles. The van der Waals surface area contributed by atoms with Crippen molar-refractivity contribution in [1.82, 2.24) is 0 Å². The van der Waals surface area contributed by atoms with Crippen molar-refractivity contribution in [1.29, 1.82) is 0 Å². The van der Waals surface area contributed by atoms with Gasteiger partial charge in [-0.15, -0.1) is 0 Å². The maximum absolute atomic E-state index is 12.3. The molecule has 4 rings (SSSR count). The number of carbonyl (C=O) groups is 1. The zero-order chi connectivity index (χ0) is 20.5. The van der Waals surface area contributed by atoms with Crippen LogP contribution in [0.4, 0.5) is 11.4 Å². The molecule has 3 aromatic carbocycles. The SMILES string of the molecule is Cc1ccc(C(C)C)c(Oc2ccc(N=C3C(=O)Nc4ccc(Br)cc43)cc2)c1. The lowest BCUT2D eigenvalue weighted by atomic mass is 10.0. The second kappa shape index (κ2) is 7.84. The first-order chi connectivity index (χ1) is 13.9. The molecular weight excluding hydrogens is 428 g/mol. The number of carbonyl (C=O) groups excluding carboxylic acids is 1. The summed E-state index contributed by atoms with van der Waals surface area (Å²) in [6.07, 6.45) is 0. The molecule has 0 fully saturated rings. The number of nitrogens with one attached hydrogen (secondary N) is 1. The van der Waals surface area contributed by atoms with Crippen LogP contribution in [0.3, 0.4) is 0 Å². The maximum Gasteiger partial charge on any atom is 0.275 e. The third-order valence-corrected chi connectivity index (χ3v) is 5.29. The van der Waals surface area contributed by atoms with Gasteiger partial charge in [-0.1, -0.05) is 41.9 Å². The zero-order valence-corrected chi connectivity index (χ0v) is 18.1. The molecule has 1 aliphatic heterocycles. The topological polar surface area (TPSA) is 50.7 Å². The molecule has 5 heteroatoms. The van der Waals surface area contributed by atoms with Crippen molar-refractivity contribution >= 4 is 38.9 Å². The van der Waals surface area contributed by atoms with Gasteiger partial charge in [-0.3, -0.25) is 4.79 Å². The van der Waals surface area contributed by atoms with E-state index in [2.05, 4.69) is 65.2 Å². The summed E-state index contributed by atoms with van der Waals surface area (Å²) >= 11 is 3.45. The Morgan fingerprint density at radius 1 is 1.00 bits per heavy atom. The number of benzene rings is 3. The number of rotatable bonds is 4. The van der Waals surface area contributed by atoms with Gasteiger partial charge in [-0.2, -0.15) is 0 Å². The van der Waals surface area contributed by atoms with Gasteiger partial charge in [0.15, 0.2) is 0 Å². The molecule has 0 radical (unpaired) electrons. The number of hydrogen-bond acceptors (Lipinski definition) is 3. The van der Waals surface area contributed by atoms with E-state index in [4.69, 9.17) is 4.74 Å². The van der Waals surface area contributed by atoms with Gasteiger partial charge >= 0.3 is 0 Å². The second-order valence-electron chi connectivity index (χ2n) is 7.40. The molecule has 0 spiro atoms. The molecule has 0 saturated carbocycles. The van der Waals surface area contributed by atoms with Crippen molar-refractivity contribution in [2.24, 2.45) is 4.99 Å². The Labute approximate surface area is 178 Å². The van der Waals surface area contributed by atoms with Crippen LogP contribution in [0.2, 0.25) is 0 Å². The van der Waals surface area contributed by atoms with Crippen LogP contribution < -0.4 is 10.1 Å². The Morgan fingerprint density at radius 2 is 1.76 bits per heavy atom. The summed E-state index contributed by atoms with van der Waals surface area (Å²) in [6.45, 7) is 6.36. The lowest BCUT2D eigenvalue weighted by molar-refractivity contribution is -0.110. The number of ether oxygens (including phenoxy) is 1. The van der Waals surface area contributed by atoms with Crippen molar-refractivity contribution < 1.29 is 9.53 Å². The fourth-order valence-electron chi connectivity index (χ4n) is 3.29. The normalized spacial score (nSPS) is 14.2. The molecule has 1 heterocycles. The van der Waals surface area contributed by atoms with E-state index < -0.39 is 0 Å². The van der Waals surface area contributed by atoms with E-state index in [9.17, 15) is 4.79 Å². The van der Waals surface area contributed by atoms with E-state index >= 15 is 0 Å². The van der Waals surface area contributed by atoms with Crippen LogP contribution in [0, 0.1) is 6.92 Å². The standard InChI is InChI=1S/C24H21BrN2O2/c1-14(2)19-10-4-15(3)12-22(19)29-18-8-6-17(7-9-18)26-23-20-13-16(25)5-11-21(20)27-24(23)28/h4-14H,1-3H3,(H,26,27,28). The highest BCUT2D eigenvalue weighted by Crippen LogP contribution is 2.33. The summed E-state index contributed by atoms with van der Waals surface area (Å²) in [4.78, 5) is 16.9. The van der Waals surface area contributed by atoms with Crippen LogP contribution in [0.1, 0.15) is 36.5 Å². The monoisotopic (exact) mass is 448 g/mol. The van der Waals surface area contributed by atoms with Crippen LogP contribution in [0.15, 0.2) is 70.1 Å². The molecule has 0 bridgehead atoms. The van der Waals surface area contributed by atoms with Gasteiger partial charge < -0.3 is 10.1 Å². The Bertz CT molecular complexity index is 1120. The summed E-state index contributed by atoms with van der Waals surface area (Å²) in [6, 6.07) is 19.4. The number of halogens is 1. The second-order valence-corrected chi connectivity index (χ2v) is 8.31. The Kier molecular flexibility index (Phi) is 5.24. The Hall–Kier alpha value is -2.92. The van der Waals surface area contributed by atoms with Crippen molar-refractivity contribution in [3.63, 3.8) is 0 Å². The van der Waals surface area contributed by atoms with E-state index in [-0.39, 0.29) is 5.91 Å². The summed E-state index contributed by atoms with van der Waals surface area (Å²) < 4.78 is 7.04. The molecule has 1 aliphatic rings. The van der Waals surface area contributed by atoms with Crippen LogP contribution >= 0.6 is 15.9 Å². The number of fused-ring (bicyclic) bond motifs is 1. The molecule has 29 heavy (non-hydrogen) atoms. The molecule has 0 aliphatic carbocycles. The van der Waals surface area contributed by atoms with E-state index in [1.807, 2.05) is 42.5 Å². The third kappa shape index (κ3) is 4.10. The number of nitrogens with zero attached hydrogens (tertiary/aromatic N) is 1. The fraction of sp³-hybridized carbons (Fsp3) is 0.167. The van der Waals surface area contributed by atoms with Gasteiger partial charge in [-0.25, -0.2) is 4.99 Å². The molecule has 0 saturated heterocycles. The molecule has 1 N–H and O–H groups in total. The minimum Gasteiger partial charge on any atom is -0.457 e. The quantitative estimate of drug-likeness (QED) is 0.479. The van der Waals surface area contributed by atoms with Crippen molar-refractivity contribution in [3.8, 4) is 11.5 Å². The van der Waals surface area contributed by atoms with Crippen molar-refractivity contribution in [2.75, 3.05) is 5.32 Å². The largest absolute Gasteiger partial charge is 0.457 e. The summed E-state index contributed by atoms with van der Waals surface area (Å²) in [7, 11) is 0. The van der Waals surface area contributed by atoms with Gasteiger partial charge in [0.1, 0.15) is 17.2 Å². The number of amides is 1. The number of hydrogen-bond donors (Lipinski definition) is 1. The predicted molar refractivity (Wildman–Crippen MR) is 121 cm³/mol. The highest BCUT2D eigenvalue weighted by molar-refractivity contribution is 9.10. The molecule has 0 unspecified atom stereocenters. The predicted octanol–water partition coefficient (Wildman–Crippen LogP) is 6.75. The van der Waals surface area contributed by atoms with E-state index in [0.717, 1.165) is 32.8 Å². The van der Waals surface area contributed by atoms with E-state index in [1.165, 1.54) is 5.56 Å². The number of aryl methyl sites for hydroxylation is 1. The Balaban J connectivity index is 1.60. The molecule has 146 valence electrons. The minimum atomic E-state index is -0.195. The van der Waals surface area contributed by atoms with Gasteiger partial charge in [0.25, 0.3) is 5.91 Å². The lowest BCUT2D eigenvalue weighted by Gasteiger charge is -2.14. The average molecular weight is 449 g/mol. The van der Waals surface area contributed by atoms with Crippen molar-refractivity contribution in [3.05, 3.63) is 81.8 Å². The molecule has 4 nitrogen and oxygen atoms in total. The lowest BCUT2D eigenvalue weighted by Crippen LogP contribution is -2.13.